The second-order valence-corrected chi connectivity index (χ2v) is 8.23. The van der Waals surface area contributed by atoms with Gasteiger partial charge in [-0.25, -0.2) is 0 Å². The summed E-state index contributed by atoms with van der Waals surface area (Å²) in [4.78, 5) is 17.5. The van der Waals surface area contributed by atoms with Gasteiger partial charge in [0.05, 0.1) is 0 Å². The number of hydrogen-bond donors (Lipinski definition) is 0. The Morgan fingerprint density at radius 1 is 1.00 bits per heavy atom. The van der Waals surface area contributed by atoms with Gasteiger partial charge in [-0.05, 0) is 61.2 Å². The zero-order chi connectivity index (χ0) is 18.5. The molecule has 0 saturated carbocycles. The number of carbonyl (C=O) groups is 1. The molecule has 4 nitrogen and oxygen atoms in total. The maximum absolute atomic E-state index is 12.6. The van der Waals surface area contributed by atoms with E-state index in [0.29, 0.717) is 12.1 Å². The summed E-state index contributed by atoms with van der Waals surface area (Å²) < 4.78 is 11.5. The van der Waals surface area contributed by atoms with Crippen LogP contribution in [0.3, 0.4) is 0 Å². The van der Waals surface area contributed by atoms with E-state index < -0.39 is 10.8 Å². The Bertz CT molecular complexity index is 766. The highest BCUT2D eigenvalue weighted by atomic mass is 32.2. The summed E-state index contributed by atoms with van der Waals surface area (Å²) in [7, 11) is 0.786. The third-order valence-corrected chi connectivity index (χ3v) is 5.79. The van der Waals surface area contributed by atoms with Crippen LogP contribution in [0.4, 0.5) is 5.69 Å². The predicted octanol–water partition coefficient (Wildman–Crippen LogP) is 3.69. The number of piperidine rings is 1. The van der Waals surface area contributed by atoms with Gasteiger partial charge in [-0.1, -0.05) is 12.1 Å². The Morgan fingerprint density at radius 3 is 2.19 bits per heavy atom. The van der Waals surface area contributed by atoms with Crippen LogP contribution in [0.1, 0.15) is 35.2 Å². The molecule has 2 aromatic rings. The predicted molar refractivity (Wildman–Crippen MR) is 107 cm³/mol. The first-order valence-corrected chi connectivity index (χ1v) is 10.6. The number of nitrogens with zero attached hydrogens (tertiary/aromatic N) is 2. The van der Waals surface area contributed by atoms with Crippen molar-refractivity contribution >= 4 is 22.4 Å². The molecule has 0 aromatic heterocycles. The summed E-state index contributed by atoms with van der Waals surface area (Å²) >= 11 is 0. The summed E-state index contributed by atoms with van der Waals surface area (Å²) in [6, 6.07) is 15.5. The average molecular weight is 371 g/mol. The van der Waals surface area contributed by atoms with Gasteiger partial charge < -0.3 is 9.80 Å². The van der Waals surface area contributed by atoms with Gasteiger partial charge >= 0.3 is 0 Å². The van der Waals surface area contributed by atoms with Crippen LogP contribution in [0.5, 0.6) is 0 Å². The average Bonchev–Trinajstić information content (AvgIpc) is 2.68. The van der Waals surface area contributed by atoms with Gasteiger partial charge in [0.25, 0.3) is 5.91 Å². The summed E-state index contributed by atoms with van der Waals surface area (Å²) in [6.07, 6.45) is 5.50. The molecule has 3 rings (SSSR count). The van der Waals surface area contributed by atoms with Crippen LogP contribution in [-0.2, 0) is 17.3 Å². The largest absolute Gasteiger partial charge is 0.372 e. The monoisotopic (exact) mass is 370 g/mol. The number of anilines is 1. The van der Waals surface area contributed by atoms with Crippen molar-refractivity contribution < 1.29 is 9.00 Å². The second kappa shape index (κ2) is 8.49. The number of benzene rings is 2. The molecule has 0 radical (unpaired) electrons. The number of hydrogen-bond acceptors (Lipinski definition) is 3. The van der Waals surface area contributed by atoms with Crippen molar-refractivity contribution in [2.75, 3.05) is 31.3 Å². The Hall–Kier alpha value is -2.14. The van der Waals surface area contributed by atoms with Crippen LogP contribution in [0.2, 0.25) is 0 Å². The minimum Gasteiger partial charge on any atom is -0.372 e. The lowest BCUT2D eigenvalue weighted by Gasteiger charge is -2.29. The molecule has 2 aromatic carbocycles. The Balaban J connectivity index is 1.62. The van der Waals surface area contributed by atoms with E-state index in [1.807, 2.05) is 7.05 Å². The molecule has 1 saturated heterocycles. The van der Waals surface area contributed by atoms with E-state index in [1.54, 1.807) is 35.4 Å². The lowest BCUT2D eigenvalue weighted by molar-refractivity contribution is 0.0785. The Kier molecular flexibility index (Phi) is 6.09. The zero-order valence-electron chi connectivity index (χ0n) is 15.5. The van der Waals surface area contributed by atoms with Crippen LogP contribution < -0.4 is 4.90 Å². The summed E-state index contributed by atoms with van der Waals surface area (Å²) in [6.45, 7) is 2.84. The first-order chi connectivity index (χ1) is 12.5. The minimum absolute atomic E-state index is 0.0291. The fourth-order valence-corrected chi connectivity index (χ4v) is 3.84. The molecule has 26 heavy (non-hydrogen) atoms. The van der Waals surface area contributed by atoms with Crippen LogP contribution >= 0.6 is 0 Å². The Morgan fingerprint density at radius 2 is 1.62 bits per heavy atom. The van der Waals surface area contributed by atoms with Crippen molar-refractivity contribution in [2.45, 2.75) is 30.7 Å². The quantitative estimate of drug-likeness (QED) is 0.806. The van der Waals surface area contributed by atoms with Gasteiger partial charge in [0, 0.05) is 59.9 Å². The highest BCUT2D eigenvalue weighted by Gasteiger charge is 2.14. The third-order valence-electron chi connectivity index (χ3n) is 4.86. The van der Waals surface area contributed by atoms with E-state index in [1.165, 1.54) is 24.9 Å². The van der Waals surface area contributed by atoms with Crippen molar-refractivity contribution in [3.05, 3.63) is 59.7 Å². The topological polar surface area (TPSA) is 40.6 Å². The molecular weight excluding hydrogens is 344 g/mol. The maximum atomic E-state index is 12.6. The SMILES string of the molecule is CN(Cc1ccc(N2CCCCC2)cc1)C(=O)c1ccc([S@@](C)=O)cc1. The van der Waals surface area contributed by atoms with Crippen LogP contribution in [0.25, 0.3) is 0 Å². The maximum Gasteiger partial charge on any atom is 0.253 e. The first-order valence-electron chi connectivity index (χ1n) is 9.07. The van der Waals surface area contributed by atoms with Gasteiger partial charge in [-0.2, -0.15) is 0 Å². The molecule has 1 amide bonds. The summed E-state index contributed by atoms with van der Waals surface area (Å²) in [5, 5.41) is 0. The van der Waals surface area contributed by atoms with Gasteiger partial charge in [-0.15, -0.1) is 0 Å². The van der Waals surface area contributed by atoms with Crippen molar-refractivity contribution in [3.63, 3.8) is 0 Å². The highest BCUT2D eigenvalue weighted by Crippen LogP contribution is 2.21. The first kappa shape index (κ1) is 18.6. The molecule has 0 bridgehead atoms. The normalized spacial score (nSPS) is 15.5. The van der Waals surface area contributed by atoms with Gasteiger partial charge in [0.15, 0.2) is 0 Å². The van der Waals surface area contributed by atoms with E-state index in [0.717, 1.165) is 23.5 Å². The molecule has 1 aliphatic heterocycles. The minimum atomic E-state index is -1.03. The van der Waals surface area contributed by atoms with Crippen molar-refractivity contribution in [1.82, 2.24) is 4.90 Å². The molecule has 1 atom stereocenters. The Labute approximate surface area is 158 Å². The van der Waals surface area contributed by atoms with Crippen molar-refractivity contribution in [2.24, 2.45) is 0 Å². The molecule has 0 N–H and O–H groups in total. The molecule has 138 valence electrons. The number of rotatable bonds is 5. The third kappa shape index (κ3) is 4.52. The van der Waals surface area contributed by atoms with Gasteiger partial charge in [0.2, 0.25) is 0 Å². The molecule has 1 aliphatic rings. The zero-order valence-corrected chi connectivity index (χ0v) is 16.3. The van der Waals surface area contributed by atoms with E-state index in [-0.39, 0.29) is 5.91 Å². The van der Waals surface area contributed by atoms with Crippen LogP contribution in [0.15, 0.2) is 53.4 Å². The summed E-state index contributed by atoms with van der Waals surface area (Å²) in [5.74, 6) is -0.0291. The lowest BCUT2D eigenvalue weighted by atomic mass is 10.1. The molecule has 0 aliphatic carbocycles. The molecular formula is C21H26N2O2S. The van der Waals surface area contributed by atoms with Gasteiger partial charge in [-0.3, -0.25) is 9.00 Å². The lowest BCUT2D eigenvalue weighted by Crippen LogP contribution is -2.29. The summed E-state index contributed by atoms with van der Waals surface area (Å²) in [5.41, 5.74) is 3.00. The van der Waals surface area contributed by atoms with E-state index in [4.69, 9.17) is 0 Å². The fraction of sp³-hybridized carbons (Fsp3) is 0.381. The van der Waals surface area contributed by atoms with E-state index in [2.05, 4.69) is 29.2 Å². The highest BCUT2D eigenvalue weighted by molar-refractivity contribution is 7.84. The molecule has 0 spiro atoms. The molecule has 5 heteroatoms. The second-order valence-electron chi connectivity index (χ2n) is 6.85. The van der Waals surface area contributed by atoms with Gasteiger partial charge in [0.1, 0.15) is 0 Å². The fourth-order valence-electron chi connectivity index (χ4n) is 3.32. The standard InChI is InChI=1S/C21H26N2O2S/c1-22(21(24)18-8-12-20(13-9-18)26(2)25)16-17-6-10-19(11-7-17)23-14-4-3-5-15-23/h6-13H,3-5,14-16H2,1-2H3/t26-/m1/s1. The molecule has 1 heterocycles. The molecule has 0 unspecified atom stereocenters. The molecule has 1 fully saturated rings. The van der Waals surface area contributed by atoms with Crippen molar-refractivity contribution in [1.29, 1.82) is 0 Å². The van der Waals surface area contributed by atoms with E-state index >= 15 is 0 Å². The van der Waals surface area contributed by atoms with E-state index in [9.17, 15) is 9.00 Å². The van der Waals surface area contributed by atoms with Crippen molar-refractivity contribution in [3.8, 4) is 0 Å². The van der Waals surface area contributed by atoms with Crippen LogP contribution in [0, 0.1) is 0 Å². The number of carbonyl (C=O) groups excluding carboxylic acids is 1. The van der Waals surface area contributed by atoms with Crippen LogP contribution in [-0.4, -0.2) is 41.4 Å². The number of amides is 1. The smallest absolute Gasteiger partial charge is 0.253 e.